The van der Waals surface area contributed by atoms with Crippen molar-refractivity contribution >= 4 is 0 Å². The zero-order valence-electron chi connectivity index (χ0n) is 8.89. The Bertz CT molecular complexity index is 397. The maximum absolute atomic E-state index is 2.48. The van der Waals surface area contributed by atoms with Crippen molar-refractivity contribution in [1.29, 1.82) is 0 Å². The molecule has 2 aliphatic carbocycles. The van der Waals surface area contributed by atoms with Crippen molar-refractivity contribution in [2.45, 2.75) is 19.3 Å². The molecule has 0 nitrogen and oxygen atoms in total. The molecule has 0 N–H and O–H groups in total. The monoisotopic (exact) mass is 196 g/mol. The van der Waals surface area contributed by atoms with Gasteiger partial charge in [0.05, 0.1) is 0 Å². The number of aryl methyl sites for hydroxylation is 1. The van der Waals surface area contributed by atoms with E-state index in [0.717, 1.165) is 11.8 Å². The van der Waals surface area contributed by atoms with Gasteiger partial charge in [0.1, 0.15) is 0 Å². The van der Waals surface area contributed by atoms with E-state index in [2.05, 4.69) is 48.6 Å². The summed E-state index contributed by atoms with van der Waals surface area (Å²) in [7, 11) is 0. The Hall–Kier alpha value is -1.30. The summed E-state index contributed by atoms with van der Waals surface area (Å²) in [6.45, 7) is 0. The summed E-state index contributed by atoms with van der Waals surface area (Å²) in [6, 6.07) is 10.8. The van der Waals surface area contributed by atoms with Crippen LogP contribution in [0.2, 0.25) is 0 Å². The summed E-state index contributed by atoms with van der Waals surface area (Å²) in [4.78, 5) is 0. The molecule has 0 aliphatic heterocycles. The summed E-state index contributed by atoms with van der Waals surface area (Å²) in [5, 5.41) is 0. The molecule has 76 valence electrons. The van der Waals surface area contributed by atoms with Gasteiger partial charge >= 0.3 is 0 Å². The molecule has 0 heteroatoms. The molecule has 0 saturated heterocycles. The van der Waals surface area contributed by atoms with Gasteiger partial charge in [0.25, 0.3) is 0 Å². The van der Waals surface area contributed by atoms with Gasteiger partial charge in [-0.05, 0) is 36.7 Å². The summed E-state index contributed by atoms with van der Waals surface area (Å²) in [6.07, 6.45) is 11.0. The summed E-state index contributed by atoms with van der Waals surface area (Å²) >= 11 is 0. The fourth-order valence-electron chi connectivity index (χ4n) is 2.73. The molecule has 0 heterocycles. The normalized spacial score (nSPS) is 27.1. The molecule has 1 aromatic rings. The lowest BCUT2D eigenvalue weighted by atomic mass is 9.96. The van der Waals surface area contributed by atoms with Gasteiger partial charge in [0.2, 0.25) is 0 Å². The number of benzene rings is 1. The van der Waals surface area contributed by atoms with E-state index in [1.54, 1.807) is 5.57 Å². The third-order valence-corrected chi connectivity index (χ3v) is 3.57. The van der Waals surface area contributed by atoms with Gasteiger partial charge in [-0.2, -0.15) is 0 Å². The van der Waals surface area contributed by atoms with Crippen LogP contribution in [-0.4, -0.2) is 0 Å². The molecule has 0 radical (unpaired) electrons. The van der Waals surface area contributed by atoms with Crippen molar-refractivity contribution in [3.05, 3.63) is 59.7 Å². The minimum Gasteiger partial charge on any atom is -0.0810 e. The van der Waals surface area contributed by atoms with Crippen LogP contribution in [0.4, 0.5) is 0 Å². The fraction of sp³-hybridized carbons (Fsp3) is 0.333. The first-order valence-corrected chi connectivity index (χ1v) is 5.84. The van der Waals surface area contributed by atoms with E-state index < -0.39 is 0 Å². The van der Waals surface area contributed by atoms with E-state index in [1.807, 2.05) is 0 Å². The first-order valence-electron chi connectivity index (χ1n) is 5.84. The molecular weight excluding hydrogens is 180 g/mol. The van der Waals surface area contributed by atoms with Crippen molar-refractivity contribution in [2.24, 2.45) is 11.8 Å². The Labute approximate surface area is 91.3 Å². The predicted octanol–water partition coefficient (Wildman–Crippen LogP) is 3.75. The highest BCUT2D eigenvalue weighted by Crippen LogP contribution is 2.39. The van der Waals surface area contributed by atoms with E-state index >= 15 is 0 Å². The van der Waals surface area contributed by atoms with Crippen LogP contribution >= 0.6 is 0 Å². The van der Waals surface area contributed by atoms with Crippen molar-refractivity contribution in [2.75, 3.05) is 0 Å². The van der Waals surface area contributed by atoms with Crippen LogP contribution in [0, 0.1) is 11.8 Å². The summed E-state index contributed by atoms with van der Waals surface area (Å²) < 4.78 is 0. The van der Waals surface area contributed by atoms with Gasteiger partial charge in [-0.15, -0.1) is 0 Å². The average molecular weight is 196 g/mol. The van der Waals surface area contributed by atoms with Crippen LogP contribution in [0.15, 0.2) is 54.1 Å². The zero-order valence-corrected chi connectivity index (χ0v) is 8.89. The minimum absolute atomic E-state index is 0.765. The Kier molecular flexibility index (Phi) is 2.21. The highest BCUT2D eigenvalue weighted by Gasteiger charge is 2.27. The molecule has 2 unspecified atom stereocenters. The molecule has 2 aliphatic rings. The zero-order chi connectivity index (χ0) is 10.1. The third kappa shape index (κ3) is 1.77. The van der Waals surface area contributed by atoms with Crippen LogP contribution in [-0.2, 0) is 6.42 Å². The second-order valence-corrected chi connectivity index (χ2v) is 4.62. The predicted molar refractivity (Wildman–Crippen MR) is 63.6 cm³/mol. The van der Waals surface area contributed by atoms with Gasteiger partial charge in [0.15, 0.2) is 0 Å². The number of hydrogen-bond acceptors (Lipinski definition) is 0. The number of fused-ring (bicyclic) bond motifs is 2. The standard InChI is InChI=1S/C15H16/c1-2-4-12(5-3-1)6-8-14-10-13-7-9-15(14)11-13/h1-5,7,9-10,13,15H,6,8,11H2. The Morgan fingerprint density at radius 3 is 2.53 bits per heavy atom. The van der Waals surface area contributed by atoms with Crippen LogP contribution in [0.25, 0.3) is 0 Å². The minimum atomic E-state index is 0.765. The first kappa shape index (κ1) is 8.96. The van der Waals surface area contributed by atoms with E-state index in [-0.39, 0.29) is 0 Å². The topological polar surface area (TPSA) is 0 Å². The maximum Gasteiger partial charge on any atom is -0.00142 e. The second kappa shape index (κ2) is 3.69. The Morgan fingerprint density at radius 1 is 1.00 bits per heavy atom. The number of rotatable bonds is 3. The van der Waals surface area contributed by atoms with E-state index in [0.29, 0.717) is 0 Å². The van der Waals surface area contributed by atoms with Crippen LogP contribution < -0.4 is 0 Å². The maximum atomic E-state index is 2.48. The molecule has 0 amide bonds. The molecule has 2 bridgehead atoms. The second-order valence-electron chi connectivity index (χ2n) is 4.62. The lowest BCUT2D eigenvalue weighted by Crippen LogP contribution is -1.96. The van der Waals surface area contributed by atoms with Crippen molar-refractivity contribution < 1.29 is 0 Å². The lowest BCUT2D eigenvalue weighted by molar-refractivity contribution is 0.691. The molecule has 0 aromatic heterocycles. The molecule has 0 saturated carbocycles. The van der Waals surface area contributed by atoms with Crippen LogP contribution in [0.1, 0.15) is 18.4 Å². The molecule has 0 spiro atoms. The first-order chi connectivity index (χ1) is 7.42. The van der Waals surface area contributed by atoms with Gasteiger partial charge in [-0.25, -0.2) is 0 Å². The van der Waals surface area contributed by atoms with Crippen LogP contribution in [0.5, 0.6) is 0 Å². The molecule has 0 fully saturated rings. The smallest absolute Gasteiger partial charge is 0.00142 e. The Balaban J connectivity index is 1.62. The van der Waals surface area contributed by atoms with Crippen molar-refractivity contribution in [1.82, 2.24) is 0 Å². The highest BCUT2D eigenvalue weighted by molar-refractivity contribution is 5.31. The average Bonchev–Trinajstić information content (AvgIpc) is 2.89. The van der Waals surface area contributed by atoms with Gasteiger partial charge in [0, 0.05) is 0 Å². The van der Waals surface area contributed by atoms with Gasteiger partial charge in [-0.3, -0.25) is 0 Å². The SMILES string of the molecule is C1=CC2CC1C=C2CCc1ccccc1. The fourth-order valence-corrected chi connectivity index (χ4v) is 2.73. The van der Waals surface area contributed by atoms with E-state index in [4.69, 9.17) is 0 Å². The van der Waals surface area contributed by atoms with E-state index in [9.17, 15) is 0 Å². The van der Waals surface area contributed by atoms with Gasteiger partial charge < -0.3 is 0 Å². The highest BCUT2D eigenvalue weighted by atomic mass is 14.3. The molecule has 15 heavy (non-hydrogen) atoms. The van der Waals surface area contributed by atoms with E-state index in [1.165, 1.54) is 24.8 Å². The lowest BCUT2D eigenvalue weighted by Gasteiger charge is -2.09. The quantitative estimate of drug-likeness (QED) is 0.646. The summed E-state index contributed by atoms with van der Waals surface area (Å²) in [5.41, 5.74) is 3.14. The molecule has 2 atom stereocenters. The van der Waals surface area contributed by atoms with Crippen LogP contribution in [0.3, 0.4) is 0 Å². The Morgan fingerprint density at radius 2 is 1.87 bits per heavy atom. The number of allylic oxidation sites excluding steroid dienone is 4. The molecule has 3 rings (SSSR count). The largest absolute Gasteiger partial charge is 0.0810 e. The number of hydrogen-bond donors (Lipinski definition) is 0. The van der Waals surface area contributed by atoms with Gasteiger partial charge in [-0.1, -0.05) is 54.1 Å². The summed E-state index contributed by atoms with van der Waals surface area (Å²) in [5.74, 6) is 1.54. The third-order valence-electron chi connectivity index (χ3n) is 3.57. The molecular formula is C15H16. The molecule has 1 aromatic carbocycles. The van der Waals surface area contributed by atoms with Crippen molar-refractivity contribution in [3.63, 3.8) is 0 Å². The van der Waals surface area contributed by atoms with Crippen molar-refractivity contribution in [3.8, 4) is 0 Å².